The normalized spacial score (nSPS) is 49.6. The third-order valence-electron chi connectivity index (χ3n) is 3.94. The first kappa shape index (κ1) is 7.54. The Morgan fingerprint density at radius 1 is 1.62 bits per heavy atom. The van der Waals surface area contributed by atoms with E-state index in [1.807, 2.05) is 0 Å². The number of carbonyl (C=O) groups is 2. The summed E-state index contributed by atoms with van der Waals surface area (Å²) in [5, 5.41) is 0. The van der Waals surface area contributed by atoms with Crippen LogP contribution in [-0.2, 0) is 14.3 Å². The van der Waals surface area contributed by atoms with E-state index in [1.165, 1.54) is 6.92 Å². The van der Waals surface area contributed by atoms with Crippen molar-refractivity contribution in [3.63, 3.8) is 0 Å². The number of esters is 1. The molecule has 3 nitrogen and oxygen atoms in total. The van der Waals surface area contributed by atoms with Crippen LogP contribution < -0.4 is 0 Å². The number of carbonyl (C=O) groups excluding carboxylic acids is 2. The van der Waals surface area contributed by atoms with E-state index in [9.17, 15) is 9.59 Å². The third kappa shape index (κ3) is 0.798. The number of rotatable bonds is 2. The van der Waals surface area contributed by atoms with Crippen molar-refractivity contribution in [3.05, 3.63) is 0 Å². The molecule has 0 unspecified atom stereocenters. The Balaban J connectivity index is 1.69. The smallest absolute Gasteiger partial charge is 0.302 e. The summed E-state index contributed by atoms with van der Waals surface area (Å²) in [4.78, 5) is 22.1. The van der Waals surface area contributed by atoms with Gasteiger partial charge in [0.1, 0.15) is 5.78 Å². The molecule has 0 heterocycles. The molecule has 13 heavy (non-hydrogen) atoms. The first-order valence-corrected chi connectivity index (χ1v) is 4.87. The van der Waals surface area contributed by atoms with E-state index in [0.29, 0.717) is 36.1 Å². The first-order chi connectivity index (χ1) is 6.20. The van der Waals surface area contributed by atoms with Crippen LogP contribution in [0.25, 0.3) is 0 Å². The van der Waals surface area contributed by atoms with Gasteiger partial charge in [-0.25, -0.2) is 0 Å². The minimum absolute atomic E-state index is 0.228. The SMILES string of the molecule is CC(=O)OC[C@@H]1[C@H]2[C@H]3C[C@H]1C(=O)[C@H]32. The Kier molecular flexibility index (Phi) is 1.24. The van der Waals surface area contributed by atoms with Crippen LogP contribution >= 0.6 is 0 Å². The van der Waals surface area contributed by atoms with Gasteiger partial charge in [0.05, 0.1) is 6.61 Å². The van der Waals surface area contributed by atoms with Gasteiger partial charge in [-0.1, -0.05) is 0 Å². The van der Waals surface area contributed by atoms with Crippen LogP contribution in [0.15, 0.2) is 0 Å². The predicted molar refractivity (Wildman–Crippen MR) is 43.7 cm³/mol. The van der Waals surface area contributed by atoms with E-state index in [4.69, 9.17) is 4.74 Å². The van der Waals surface area contributed by atoms with Crippen LogP contribution in [0.5, 0.6) is 0 Å². The molecule has 0 N–H and O–H groups in total. The zero-order valence-electron chi connectivity index (χ0n) is 7.53. The van der Waals surface area contributed by atoms with Gasteiger partial charge in [-0.05, 0) is 18.3 Å². The number of hydrogen-bond acceptors (Lipinski definition) is 3. The molecular weight excluding hydrogens is 168 g/mol. The number of Topliss-reactive ketones (excluding diaryl/α,β-unsaturated/α-hetero) is 1. The maximum Gasteiger partial charge on any atom is 0.302 e. The molecule has 0 amide bonds. The molecule has 0 saturated heterocycles. The fourth-order valence-electron chi connectivity index (χ4n) is 3.44. The second-order valence-corrected chi connectivity index (χ2v) is 4.48. The molecule has 0 aromatic carbocycles. The molecule has 3 heteroatoms. The van der Waals surface area contributed by atoms with E-state index < -0.39 is 0 Å². The Morgan fingerprint density at radius 2 is 2.38 bits per heavy atom. The van der Waals surface area contributed by atoms with E-state index in [0.717, 1.165) is 6.42 Å². The van der Waals surface area contributed by atoms with Gasteiger partial charge in [-0.15, -0.1) is 0 Å². The van der Waals surface area contributed by atoms with Gasteiger partial charge >= 0.3 is 5.97 Å². The van der Waals surface area contributed by atoms with Crippen molar-refractivity contribution >= 4 is 11.8 Å². The number of hydrogen-bond donors (Lipinski definition) is 0. The Bertz CT molecular complexity index is 297. The van der Waals surface area contributed by atoms with Gasteiger partial charge in [0.15, 0.2) is 0 Å². The largest absolute Gasteiger partial charge is 0.466 e. The van der Waals surface area contributed by atoms with Crippen LogP contribution in [0.4, 0.5) is 0 Å². The summed E-state index contributed by atoms with van der Waals surface area (Å²) < 4.78 is 4.98. The van der Waals surface area contributed by atoms with Crippen molar-refractivity contribution in [2.24, 2.45) is 29.6 Å². The van der Waals surface area contributed by atoms with Crippen molar-refractivity contribution in [1.82, 2.24) is 0 Å². The van der Waals surface area contributed by atoms with Gasteiger partial charge in [-0.3, -0.25) is 9.59 Å². The summed E-state index contributed by atoms with van der Waals surface area (Å²) in [6, 6.07) is 0. The summed E-state index contributed by atoms with van der Waals surface area (Å²) in [6.45, 7) is 1.90. The fraction of sp³-hybridized carbons (Fsp3) is 0.800. The molecule has 0 radical (unpaired) electrons. The molecule has 0 aliphatic heterocycles. The molecule has 4 fully saturated rings. The van der Waals surface area contributed by atoms with E-state index in [1.54, 1.807) is 0 Å². The Hall–Kier alpha value is -0.860. The predicted octanol–water partition coefficient (Wildman–Crippen LogP) is 0.631. The molecule has 0 spiro atoms. The topological polar surface area (TPSA) is 43.4 Å². The fourth-order valence-corrected chi connectivity index (χ4v) is 3.44. The molecular formula is C10H12O3. The van der Waals surface area contributed by atoms with Crippen molar-refractivity contribution in [2.45, 2.75) is 13.3 Å². The van der Waals surface area contributed by atoms with E-state index >= 15 is 0 Å². The Labute approximate surface area is 76.4 Å². The standard InChI is InChI=1S/C10H12O3/c1-4(11)13-3-7-5-2-6-8(7)9(6)10(5)12/h5-9H,2-3H2,1H3/t5-,6-,7+,8-,9-/m1/s1. The molecule has 0 aromatic rings. The van der Waals surface area contributed by atoms with Gasteiger partial charge < -0.3 is 4.74 Å². The molecule has 4 bridgehead atoms. The lowest BCUT2D eigenvalue weighted by atomic mass is 9.99. The van der Waals surface area contributed by atoms with Crippen LogP contribution in [0.1, 0.15) is 13.3 Å². The highest BCUT2D eigenvalue weighted by molar-refractivity contribution is 5.93. The van der Waals surface area contributed by atoms with E-state index in [2.05, 4.69) is 0 Å². The second kappa shape index (κ2) is 2.14. The number of ketones is 1. The quantitative estimate of drug-likeness (QED) is 0.585. The van der Waals surface area contributed by atoms with Crippen LogP contribution in [0, 0.1) is 29.6 Å². The Morgan fingerprint density at radius 3 is 2.77 bits per heavy atom. The van der Waals surface area contributed by atoms with Gasteiger partial charge in [0.2, 0.25) is 0 Å². The zero-order chi connectivity index (χ0) is 9.16. The average Bonchev–Trinajstić information content (AvgIpc) is 2.36. The first-order valence-electron chi connectivity index (χ1n) is 4.87. The lowest BCUT2D eigenvalue weighted by Crippen LogP contribution is -2.18. The van der Waals surface area contributed by atoms with Gasteiger partial charge in [0, 0.05) is 24.7 Å². The highest BCUT2D eigenvalue weighted by atomic mass is 16.5. The summed E-state index contributed by atoms with van der Waals surface area (Å²) in [5.41, 5.74) is 0. The van der Waals surface area contributed by atoms with Crippen molar-refractivity contribution < 1.29 is 14.3 Å². The molecule has 4 rings (SSSR count). The number of ether oxygens (including phenoxy) is 1. The van der Waals surface area contributed by atoms with E-state index in [-0.39, 0.29) is 11.9 Å². The van der Waals surface area contributed by atoms with Crippen LogP contribution in [0.2, 0.25) is 0 Å². The lowest BCUT2D eigenvalue weighted by Gasteiger charge is -2.12. The highest BCUT2D eigenvalue weighted by Crippen LogP contribution is 2.71. The van der Waals surface area contributed by atoms with Crippen LogP contribution in [0.3, 0.4) is 0 Å². The summed E-state index contributed by atoms with van der Waals surface area (Å²) in [6.07, 6.45) is 1.07. The van der Waals surface area contributed by atoms with Crippen molar-refractivity contribution in [3.8, 4) is 0 Å². The molecule has 5 atom stereocenters. The summed E-state index contributed by atoms with van der Waals surface area (Å²) in [5.74, 6) is 2.44. The van der Waals surface area contributed by atoms with Crippen molar-refractivity contribution in [2.75, 3.05) is 6.61 Å². The van der Waals surface area contributed by atoms with Crippen LogP contribution in [-0.4, -0.2) is 18.4 Å². The molecule has 4 aliphatic carbocycles. The highest BCUT2D eigenvalue weighted by Gasteiger charge is 2.73. The van der Waals surface area contributed by atoms with Gasteiger partial charge in [-0.2, -0.15) is 0 Å². The molecule has 70 valence electrons. The molecule has 4 aliphatic rings. The summed E-state index contributed by atoms with van der Waals surface area (Å²) in [7, 11) is 0. The third-order valence-corrected chi connectivity index (χ3v) is 3.94. The minimum atomic E-state index is -0.228. The lowest BCUT2D eigenvalue weighted by molar-refractivity contribution is -0.143. The van der Waals surface area contributed by atoms with Crippen molar-refractivity contribution in [1.29, 1.82) is 0 Å². The molecule has 0 aromatic heterocycles. The van der Waals surface area contributed by atoms with Gasteiger partial charge in [0.25, 0.3) is 0 Å². The second-order valence-electron chi connectivity index (χ2n) is 4.48. The minimum Gasteiger partial charge on any atom is -0.466 e. The maximum atomic E-state index is 11.5. The average molecular weight is 180 g/mol. The monoisotopic (exact) mass is 180 g/mol. The summed E-state index contributed by atoms with van der Waals surface area (Å²) >= 11 is 0. The molecule has 4 saturated carbocycles. The zero-order valence-corrected chi connectivity index (χ0v) is 7.53. The maximum absolute atomic E-state index is 11.5.